The van der Waals surface area contributed by atoms with Gasteiger partial charge in [0, 0.05) is 33.0 Å². The molecule has 19 heavy (non-hydrogen) atoms. The predicted molar refractivity (Wildman–Crippen MR) is 66.8 cm³/mol. The standard InChI is InChI=1S/C11H17N3O5/c1-13(5-8(15)7-19-2)10(17)6-14-4-3-9(16)12-11(14)18/h3-4,8,15H,5-7H2,1-2H3,(H,12,16,18). The van der Waals surface area contributed by atoms with Crippen LogP contribution in [0.3, 0.4) is 0 Å². The first-order valence-corrected chi connectivity index (χ1v) is 5.64. The third-order valence-electron chi connectivity index (χ3n) is 2.47. The topological polar surface area (TPSA) is 105 Å². The van der Waals surface area contributed by atoms with Gasteiger partial charge in [0.1, 0.15) is 6.54 Å². The smallest absolute Gasteiger partial charge is 0.328 e. The Labute approximate surface area is 109 Å². The molecule has 0 radical (unpaired) electrons. The highest BCUT2D eigenvalue weighted by atomic mass is 16.5. The van der Waals surface area contributed by atoms with Gasteiger partial charge in [0.15, 0.2) is 0 Å². The molecule has 0 spiro atoms. The summed E-state index contributed by atoms with van der Waals surface area (Å²) in [5, 5.41) is 9.49. The third kappa shape index (κ3) is 4.68. The molecule has 0 aliphatic heterocycles. The Morgan fingerprint density at radius 3 is 2.84 bits per heavy atom. The predicted octanol–water partition coefficient (Wildman–Crippen LogP) is -2.00. The van der Waals surface area contributed by atoms with E-state index in [1.165, 1.54) is 25.3 Å². The van der Waals surface area contributed by atoms with Crippen LogP contribution in [0.15, 0.2) is 21.9 Å². The van der Waals surface area contributed by atoms with Gasteiger partial charge < -0.3 is 14.7 Å². The largest absolute Gasteiger partial charge is 0.389 e. The van der Waals surface area contributed by atoms with E-state index >= 15 is 0 Å². The first-order chi connectivity index (χ1) is 8.93. The van der Waals surface area contributed by atoms with E-state index in [1.54, 1.807) is 0 Å². The highest BCUT2D eigenvalue weighted by Gasteiger charge is 2.14. The molecule has 8 nitrogen and oxygen atoms in total. The summed E-state index contributed by atoms with van der Waals surface area (Å²) in [6, 6.07) is 1.16. The van der Waals surface area contributed by atoms with Crippen LogP contribution < -0.4 is 11.2 Å². The zero-order valence-electron chi connectivity index (χ0n) is 10.8. The van der Waals surface area contributed by atoms with E-state index in [9.17, 15) is 19.5 Å². The monoisotopic (exact) mass is 271 g/mol. The van der Waals surface area contributed by atoms with Crippen molar-refractivity contribution in [3.63, 3.8) is 0 Å². The highest BCUT2D eigenvalue weighted by Crippen LogP contribution is 1.93. The Morgan fingerprint density at radius 2 is 2.26 bits per heavy atom. The average molecular weight is 271 g/mol. The highest BCUT2D eigenvalue weighted by molar-refractivity contribution is 5.75. The molecular formula is C11H17N3O5. The summed E-state index contributed by atoms with van der Waals surface area (Å²) in [6.07, 6.45) is 0.463. The number of hydrogen-bond donors (Lipinski definition) is 2. The van der Waals surface area contributed by atoms with Crippen molar-refractivity contribution < 1.29 is 14.6 Å². The van der Waals surface area contributed by atoms with Gasteiger partial charge >= 0.3 is 5.69 Å². The Kier molecular flexibility index (Phi) is 5.46. The van der Waals surface area contributed by atoms with Gasteiger partial charge in [-0.3, -0.25) is 19.1 Å². The molecule has 1 aromatic rings. The van der Waals surface area contributed by atoms with Crippen molar-refractivity contribution >= 4 is 5.91 Å². The van der Waals surface area contributed by atoms with Crippen LogP contribution in [0.2, 0.25) is 0 Å². The Bertz CT molecular complexity index is 536. The summed E-state index contributed by atoms with van der Waals surface area (Å²) in [5.74, 6) is -0.357. The summed E-state index contributed by atoms with van der Waals surface area (Å²) in [6.45, 7) is 0.0207. The Morgan fingerprint density at radius 1 is 1.58 bits per heavy atom. The number of carbonyl (C=O) groups excluding carboxylic acids is 1. The van der Waals surface area contributed by atoms with Crippen LogP contribution in [-0.2, 0) is 16.1 Å². The summed E-state index contributed by atoms with van der Waals surface area (Å²) in [7, 11) is 2.96. The Balaban J connectivity index is 2.63. The van der Waals surface area contributed by atoms with Crippen LogP contribution in [-0.4, -0.2) is 58.9 Å². The number of methoxy groups -OCH3 is 1. The van der Waals surface area contributed by atoms with E-state index < -0.39 is 17.4 Å². The van der Waals surface area contributed by atoms with Crippen molar-refractivity contribution in [3.05, 3.63) is 33.1 Å². The number of H-pyrrole nitrogens is 1. The molecule has 1 atom stereocenters. The number of nitrogens with one attached hydrogen (secondary N) is 1. The second-order valence-electron chi connectivity index (χ2n) is 4.12. The molecule has 2 N–H and O–H groups in total. The number of aromatic amines is 1. The van der Waals surface area contributed by atoms with Gasteiger partial charge in [0.2, 0.25) is 5.91 Å². The quantitative estimate of drug-likeness (QED) is 0.623. The van der Waals surface area contributed by atoms with Gasteiger partial charge in [0.05, 0.1) is 12.7 Å². The number of carbonyl (C=O) groups is 1. The van der Waals surface area contributed by atoms with E-state index in [0.29, 0.717) is 0 Å². The van der Waals surface area contributed by atoms with E-state index in [4.69, 9.17) is 4.74 Å². The number of ether oxygens (including phenoxy) is 1. The summed E-state index contributed by atoms with van der Waals surface area (Å²) < 4.78 is 5.84. The molecule has 1 unspecified atom stereocenters. The van der Waals surface area contributed by atoms with Gasteiger partial charge in [0.25, 0.3) is 5.56 Å². The van der Waals surface area contributed by atoms with Crippen LogP contribution in [0.1, 0.15) is 0 Å². The van der Waals surface area contributed by atoms with Crippen LogP contribution in [0.4, 0.5) is 0 Å². The number of aromatic nitrogens is 2. The van der Waals surface area contributed by atoms with Crippen LogP contribution in [0.25, 0.3) is 0 Å². The molecular weight excluding hydrogens is 254 g/mol. The van der Waals surface area contributed by atoms with E-state index in [-0.39, 0.29) is 25.6 Å². The lowest BCUT2D eigenvalue weighted by Gasteiger charge is -2.20. The number of hydrogen-bond acceptors (Lipinski definition) is 5. The molecule has 1 amide bonds. The molecule has 0 bridgehead atoms. The summed E-state index contributed by atoms with van der Waals surface area (Å²) in [5.41, 5.74) is -1.16. The van der Waals surface area contributed by atoms with Crippen LogP contribution in [0.5, 0.6) is 0 Å². The normalized spacial score (nSPS) is 12.2. The minimum absolute atomic E-state index is 0.102. The molecule has 1 aromatic heterocycles. The lowest BCUT2D eigenvalue weighted by Crippen LogP contribution is -2.40. The van der Waals surface area contributed by atoms with Crippen LogP contribution in [0, 0.1) is 0 Å². The maximum atomic E-state index is 11.8. The van der Waals surface area contributed by atoms with Crippen molar-refractivity contribution in [2.24, 2.45) is 0 Å². The molecule has 1 rings (SSSR count). The molecule has 0 aromatic carbocycles. The lowest BCUT2D eigenvalue weighted by atomic mass is 10.3. The minimum atomic E-state index is -0.786. The van der Waals surface area contributed by atoms with Gasteiger partial charge in [-0.2, -0.15) is 0 Å². The van der Waals surface area contributed by atoms with Crippen molar-refractivity contribution in [2.75, 3.05) is 27.3 Å². The average Bonchev–Trinajstić information content (AvgIpc) is 2.32. The molecule has 0 fully saturated rings. The molecule has 0 saturated carbocycles. The molecule has 106 valence electrons. The lowest BCUT2D eigenvalue weighted by molar-refractivity contribution is -0.132. The maximum absolute atomic E-state index is 11.8. The number of nitrogens with zero attached hydrogens (tertiary/aromatic N) is 2. The fourth-order valence-corrected chi connectivity index (χ4v) is 1.50. The third-order valence-corrected chi connectivity index (χ3v) is 2.47. The Hall–Kier alpha value is -1.93. The minimum Gasteiger partial charge on any atom is -0.389 e. The fraction of sp³-hybridized carbons (Fsp3) is 0.545. The number of rotatable bonds is 6. The first-order valence-electron chi connectivity index (χ1n) is 5.64. The van der Waals surface area contributed by atoms with E-state index in [1.807, 2.05) is 0 Å². The number of amides is 1. The van der Waals surface area contributed by atoms with Gasteiger partial charge in [-0.1, -0.05) is 0 Å². The second-order valence-corrected chi connectivity index (χ2v) is 4.12. The van der Waals surface area contributed by atoms with Crippen molar-refractivity contribution in [1.29, 1.82) is 0 Å². The van der Waals surface area contributed by atoms with Gasteiger partial charge in [-0.15, -0.1) is 0 Å². The summed E-state index contributed by atoms with van der Waals surface area (Å²) in [4.78, 5) is 37.4. The maximum Gasteiger partial charge on any atom is 0.328 e. The molecule has 1 heterocycles. The molecule has 0 saturated heterocycles. The fourth-order valence-electron chi connectivity index (χ4n) is 1.50. The van der Waals surface area contributed by atoms with Crippen molar-refractivity contribution in [2.45, 2.75) is 12.6 Å². The second kappa shape index (κ2) is 6.86. The molecule has 0 aliphatic carbocycles. The van der Waals surface area contributed by atoms with Gasteiger partial charge in [-0.25, -0.2) is 4.79 Å². The number of aliphatic hydroxyl groups is 1. The van der Waals surface area contributed by atoms with Crippen molar-refractivity contribution in [3.8, 4) is 0 Å². The van der Waals surface area contributed by atoms with Crippen molar-refractivity contribution in [1.82, 2.24) is 14.5 Å². The van der Waals surface area contributed by atoms with Crippen LogP contribution >= 0.6 is 0 Å². The molecule has 8 heteroatoms. The zero-order valence-corrected chi connectivity index (χ0v) is 10.8. The SMILES string of the molecule is COCC(O)CN(C)C(=O)Cn1ccc(=O)[nH]c1=O. The van der Waals surface area contributed by atoms with E-state index in [2.05, 4.69) is 4.98 Å². The molecule has 0 aliphatic rings. The zero-order chi connectivity index (χ0) is 14.4. The van der Waals surface area contributed by atoms with Gasteiger partial charge in [-0.05, 0) is 0 Å². The first kappa shape index (κ1) is 15.1. The number of likely N-dealkylation sites (N-methyl/N-ethyl adjacent to an activating group) is 1. The summed E-state index contributed by atoms with van der Waals surface area (Å²) >= 11 is 0. The van der Waals surface area contributed by atoms with E-state index in [0.717, 1.165) is 10.6 Å². The number of aliphatic hydroxyl groups excluding tert-OH is 1.